The number of carbonyl (C=O) groups excluding carboxylic acids is 1. The van der Waals surface area contributed by atoms with E-state index in [-0.39, 0.29) is 24.2 Å². The van der Waals surface area contributed by atoms with Gasteiger partial charge in [-0.3, -0.25) is 15.6 Å². The van der Waals surface area contributed by atoms with E-state index in [4.69, 9.17) is 17.0 Å². The molecule has 1 amide bonds. The van der Waals surface area contributed by atoms with Gasteiger partial charge < -0.3 is 10.1 Å². The van der Waals surface area contributed by atoms with Crippen LogP contribution in [0.3, 0.4) is 0 Å². The smallest absolute Gasteiger partial charge is 0.376 e. The average Bonchev–Trinajstić information content (AvgIpc) is 3.17. The van der Waals surface area contributed by atoms with Gasteiger partial charge in [-0.05, 0) is 43.3 Å². The molecule has 162 valence electrons. The summed E-state index contributed by atoms with van der Waals surface area (Å²) in [7, 11) is -4.19. The van der Waals surface area contributed by atoms with E-state index < -0.39 is 32.6 Å². The molecule has 1 saturated heterocycles. The minimum absolute atomic E-state index is 0.0655. The lowest BCUT2D eigenvalue weighted by Crippen LogP contribution is -2.48. The van der Waals surface area contributed by atoms with Crippen molar-refractivity contribution in [2.75, 3.05) is 19.7 Å². The Morgan fingerprint density at radius 1 is 1.28 bits per heavy atom. The van der Waals surface area contributed by atoms with Crippen LogP contribution in [0, 0.1) is 0 Å². The van der Waals surface area contributed by atoms with E-state index in [2.05, 4.69) is 20.9 Å². The Morgan fingerprint density at radius 2 is 2.03 bits per heavy atom. The summed E-state index contributed by atoms with van der Waals surface area (Å²) < 4.78 is 69.8. The topological polar surface area (TPSA) is 109 Å². The molecule has 1 heterocycles. The van der Waals surface area contributed by atoms with Crippen molar-refractivity contribution in [1.82, 2.24) is 20.9 Å². The second-order valence-corrected chi connectivity index (χ2v) is 8.37. The fourth-order valence-corrected chi connectivity index (χ4v) is 3.68. The van der Waals surface area contributed by atoms with Crippen LogP contribution in [-0.2, 0) is 25.7 Å². The van der Waals surface area contributed by atoms with Crippen LogP contribution in [-0.4, -0.2) is 45.2 Å². The fraction of sp³-hybridized carbons (Fsp3) is 0.500. The van der Waals surface area contributed by atoms with Crippen LogP contribution < -0.4 is 20.9 Å². The molecule has 0 spiro atoms. The predicted octanol–water partition coefficient (Wildman–Crippen LogP) is 1.05. The van der Waals surface area contributed by atoms with Crippen LogP contribution in [0.15, 0.2) is 29.2 Å². The number of hydrazine groups is 1. The molecule has 29 heavy (non-hydrogen) atoms. The third-order valence-electron chi connectivity index (χ3n) is 3.95. The molecule has 4 N–H and O–H groups in total. The van der Waals surface area contributed by atoms with Crippen LogP contribution in [0.4, 0.5) is 13.2 Å². The molecule has 1 aromatic rings. The van der Waals surface area contributed by atoms with Crippen molar-refractivity contribution < 1.29 is 31.1 Å². The van der Waals surface area contributed by atoms with Gasteiger partial charge in [0.2, 0.25) is 15.9 Å². The third kappa shape index (κ3) is 7.76. The molecular formula is C16H21F3N4O4S2. The Morgan fingerprint density at radius 3 is 2.69 bits per heavy atom. The number of thiocarbonyl (C=S) groups is 1. The van der Waals surface area contributed by atoms with Crippen molar-refractivity contribution in [3.8, 4) is 0 Å². The Balaban J connectivity index is 1.72. The molecule has 0 aliphatic carbocycles. The van der Waals surface area contributed by atoms with Crippen molar-refractivity contribution in [1.29, 1.82) is 0 Å². The monoisotopic (exact) mass is 454 g/mol. The van der Waals surface area contributed by atoms with Gasteiger partial charge >= 0.3 is 6.18 Å². The molecule has 13 heteroatoms. The number of sulfonamides is 1. The van der Waals surface area contributed by atoms with Crippen LogP contribution >= 0.6 is 12.2 Å². The number of hydrogen-bond donors (Lipinski definition) is 4. The highest BCUT2D eigenvalue weighted by atomic mass is 32.2. The minimum Gasteiger partial charge on any atom is -0.376 e. The number of carbonyl (C=O) groups is 1. The normalized spacial score (nSPS) is 17.0. The molecule has 0 aromatic heterocycles. The summed E-state index contributed by atoms with van der Waals surface area (Å²) in [5, 5.41) is 3.06. The second kappa shape index (κ2) is 10.2. The van der Waals surface area contributed by atoms with Crippen LogP contribution in [0.5, 0.6) is 0 Å². The Labute approximate surface area is 171 Å². The zero-order valence-electron chi connectivity index (χ0n) is 15.2. The maximum absolute atomic E-state index is 12.7. The average molecular weight is 454 g/mol. The SMILES string of the molecule is O=C(CCNS(=O)(=O)c1cccc(C(F)(F)F)c1)NNC(=S)NC[C@H]1CCCO1. The molecule has 1 atom stereocenters. The summed E-state index contributed by atoms with van der Waals surface area (Å²) in [6, 6.07) is 3.34. The molecule has 0 saturated carbocycles. The summed E-state index contributed by atoms with van der Waals surface area (Å²) in [5.74, 6) is -0.557. The van der Waals surface area contributed by atoms with Gasteiger partial charge in [0.15, 0.2) is 5.11 Å². The largest absolute Gasteiger partial charge is 0.416 e. The first-order valence-electron chi connectivity index (χ1n) is 8.69. The number of benzene rings is 1. The summed E-state index contributed by atoms with van der Waals surface area (Å²) in [5.41, 5.74) is 3.69. The number of hydrogen-bond acceptors (Lipinski definition) is 5. The molecule has 0 bridgehead atoms. The first-order chi connectivity index (χ1) is 13.6. The summed E-state index contributed by atoms with van der Waals surface area (Å²) in [6.07, 6.45) is -2.93. The van der Waals surface area contributed by atoms with Crippen molar-refractivity contribution in [3.63, 3.8) is 0 Å². The van der Waals surface area contributed by atoms with Gasteiger partial charge in [0.25, 0.3) is 0 Å². The summed E-state index contributed by atoms with van der Waals surface area (Å²) in [6.45, 7) is 0.903. The molecular weight excluding hydrogens is 433 g/mol. The number of rotatable bonds is 7. The van der Waals surface area contributed by atoms with Crippen LogP contribution in [0.25, 0.3) is 0 Å². The maximum Gasteiger partial charge on any atom is 0.416 e. The number of nitrogens with one attached hydrogen (secondary N) is 4. The first-order valence-corrected chi connectivity index (χ1v) is 10.6. The molecule has 1 fully saturated rings. The van der Waals surface area contributed by atoms with E-state index in [0.29, 0.717) is 19.2 Å². The highest BCUT2D eigenvalue weighted by Gasteiger charge is 2.31. The zero-order chi connectivity index (χ0) is 21.5. The van der Waals surface area contributed by atoms with E-state index >= 15 is 0 Å². The first kappa shape index (κ1) is 23.3. The lowest BCUT2D eigenvalue weighted by atomic mass is 10.2. The van der Waals surface area contributed by atoms with Gasteiger partial charge in [-0.1, -0.05) is 6.07 Å². The van der Waals surface area contributed by atoms with Gasteiger partial charge in [0, 0.05) is 26.1 Å². The molecule has 1 aromatic carbocycles. The standard InChI is InChI=1S/C16H21F3N4O4S2/c17-16(18,19)11-3-1-5-13(9-11)29(25,26)21-7-6-14(24)22-23-15(28)20-10-12-4-2-8-27-12/h1,3,5,9,12,21H,2,4,6-8,10H2,(H,22,24)(H2,20,23,28)/t12-/m1/s1. The van der Waals surface area contributed by atoms with Crippen molar-refractivity contribution in [2.24, 2.45) is 0 Å². The zero-order valence-corrected chi connectivity index (χ0v) is 16.8. The Hall–Kier alpha value is -1.96. The number of ether oxygens (including phenoxy) is 1. The number of alkyl halides is 3. The van der Waals surface area contributed by atoms with E-state index in [1.165, 1.54) is 0 Å². The molecule has 1 aliphatic heterocycles. The summed E-state index contributed by atoms with van der Waals surface area (Å²) in [4.78, 5) is 11.2. The molecule has 2 rings (SSSR count). The highest BCUT2D eigenvalue weighted by Crippen LogP contribution is 2.30. The molecule has 1 aliphatic rings. The highest BCUT2D eigenvalue weighted by molar-refractivity contribution is 7.89. The minimum atomic E-state index is -4.66. The number of amides is 1. The van der Waals surface area contributed by atoms with E-state index in [1.807, 2.05) is 0 Å². The van der Waals surface area contributed by atoms with E-state index in [1.54, 1.807) is 0 Å². The Kier molecular flexibility index (Phi) is 8.19. The predicted molar refractivity (Wildman–Crippen MR) is 102 cm³/mol. The number of halogens is 3. The quantitative estimate of drug-likeness (QED) is 0.360. The molecule has 0 radical (unpaired) electrons. The van der Waals surface area contributed by atoms with Crippen LogP contribution in [0.2, 0.25) is 0 Å². The van der Waals surface area contributed by atoms with Gasteiger partial charge in [-0.25, -0.2) is 13.1 Å². The van der Waals surface area contributed by atoms with Crippen molar-refractivity contribution >= 4 is 33.3 Å². The van der Waals surface area contributed by atoms with Gasteiger partial charge in [-0.15, -0.1) is 0 Å². The lowest BCUT2D eigenvalue weighted by Gasteiger charge is -2.14. The van der Waals surface area contributed by atoms with E-state index in [9.17, 15) is 26.4 Å². The van der Waals surface area contributed by atoms with Crippen molar-refractivity contribution in [2.45, 2.75) is 36.4 Å². The fourth-order valence-electron chi connectivity index (χ4n) is 2.47. The van der Waals surface area contributed by atoms with Gasteiger partial charge in [-0.2, -0.15) is 13.2 Å². The molecule has 8 nitrogen and oxygen atoms in total. The van der Waals surface area contributed by atoms with Crippen LogP contribution in [0.1, 0.15) is 24.8 Å². The maximum atomic E-state index is 12.7. The van der Waals surface area contributed by atoms with Gasteiger partial charge in [0.1, 0.15) is 0 Å². The third-order valence-corrected chi connectivity index (χ3v) is 5.65. The van der Waals surface area contributed by atoms with E-state index in [0.717, 1.165) is 31.0 Å². The van der Waals surface area contributed by atoms with Gasteiger partial charge in [0.05, 0.1) is 16.6 Å². The lowest BCUT2D eigenvalue weighted by molar-refractivity contribution is -0.137. The molecule has 0 unspecified atom stereocenters. The summed E-state index contributed by atoms with van der Waals surface area (Å²) >= 11 is 4.99. The van der Waals surface area contributed by atoms with Crippen molar-refractivity contribution in [3.05, 3.63) is 29.8 Å². The Bertz CT molecular complexity index is 828. The second-order valence-electron chi connectivity index (χ2n) is 6.19.